The van der Waals surface area contributed by atoms with Crippen LogP contribution in [0.1, 0.15) is 17.3 Å². The fraction of sp³-hybridized carbons (Fsp3) is 0.300. The molecule has 0 aliphatic carbocycles. The van der Waals surface area contributed by atoms with Crippen LogP contribution in [-0.2, 0) is 4.79 Å². The van der Waals surface area contributed by atoms with Gasteiger partial charge in [-0.3, -0.25) is 14.5 Å². The Bertz CT molecular complexity index is 783. The number of ether oxygens (including phenoxy) is 1. The lowest BCUT2D eigenvalue weighted by molar-refractivity contribution is -0.117. The van der Waals surface area contributed by atoms with Gasteiger partial charge >= 0.3 is 0 Å². The molecule has 0 heterocycles. The van der Waals surface area contributed by atoms with Gasteiger partial charge in [-0.05, 0) is 44.3 Å². The van der Waals surface area contributed by atoms with Crippen molar-refractivity contribution in [1.82, 2.24) is 10.2 Å². The number of hydrogen-bond acceptors (Lipinski definition) is 4. The lowest BCUT2D eigenvalue weighted by Gasteiger charge is -2.17. The molecule has 0 saturated carbocycles. The molecule has 2 aromatic carbocycles. The summed E-state index contributed by atoms with van der Waals surface area (Å²) >= 11 is 0. The Labute approximate surface area is 158 Å². The summed E-state index contributed by atoms with van der Waals surface area (Å²) in [7, 11) is 1.79. The van der Waals surface area contributed by atoms with Crippen molar-refractivity contribution < 1.29 is 18.7 Å². The maximum Gasteiger partial charge on any atom is 0.251 e. The monoisotopic (exact) mass is 373 g/mol. The third kappa shape index (κ3) is 7.07. The Morgan fingerprint density at radius 1 is 1.15 bits per heavy atom. The molecule has 2 aromatic rings. The van der Waals surface area contributed by atoms with E-state index in [9.17, 15) is 14.0 Å². The molecular formula is C20H24FN3O3. The maximum atomic E-state index is 13.1. The van der Waals surface area contributed by atoms with E-state index in [1.165, 1.54) is 12.1 Å². The minimum atomic E-state index is -0.352. The molecule has 0 radical (unpaired) electrons. The number of likely N-dealkylation sites (N-methyl/N-ethyl adjacent to an activating group) is 1. The number of hydrogen-bond donors (Lipinski definition) is 2. The summed E-state index contributed by atoms with van der Waals surface area (Å²) in [5, 5.41) is 5.49. The van der Waals surface area contributed by atoms with Crippen LogP contribution < -0.4 is 15.4 Å². The van der Waals surface area contributed by atoms with Gasteiger partial charge in [0.2, 0.25) is 5.91 Å². The fourth-order valence-corrected chi connectivity index (χ4v) is 2.40. The Hall–Kier alpha value is -2.93. The van der Waals surface area contributed by atoms with Gasteiger partial charge in [0, 0.05) is 30.4 Å². The van der Waals surface area contributed by atoms with Crippen LogP contribution >= 0.6 is 0 Å². The van der Waals surface area contributed by atoms with E-state index in [-0.39, 0.29) is 24.2 Å². The Morgan fingerprint density at radius 2 is 1.93 bits per heavy atom. The van der Waals surface area contributed by atoms with Crippen LogP contribution in [0.25, 0.3) is 0 Å². The molecule has 0 saturated heterocycles. The average Bonchev–Trinajstić information content (AvgIpc) is 2.62. The first-order valence-corrected chi connectivity index (χ1v) is 8.73. The predicted octanol–water partition coefficient (Wildman–Crippen LogP) is 2.52. The second-order valence-electron chi connectivity index (χ2n) is 6.03. The number of benzene rings is 2. The minimum absolute atomic E-state index is 0.165. The predicted molar refractivity (Wildman–Crippen MR) is 102 cm³/mol. The molecule has 7 heteroatoms. The Kier molecular flexibility index (Phi) is 7.76. The topological polar surface area (TPSA) is 70.7 Å². The Morgan fingerprint density at radius 3 is 2.67 bits per heavy atom. The van der Waals surface area contributed by atoms with E-state index in [0.29, 0.717) is 36.7 Å². The summed E-state index contributed by atoms with van der Waals surface area (Å²) < 4.78 is 18.5. The SMILES string of the molecule is CCNC(=O)c1cccc(NC(=O)CN(C)CCOc2cccc(F)c2)c1. The van der Waals surface area contributed by atoms with Crippen LogP contribution in [-0.4, -0.2) is 50.0 Å². The van der Waals surface area contributed by atoms with Gasteiger partial charge in [-0.1, -0.05) is 12.1 Å². The van der Waals surface area contributed by atoms with Gasteiger partial charge < -0.3 is 15.4 Å². The first-order valence-electron chi connectivity index (χ1n) is 8.73. The van der Waals surface area contributed by atoms with Gasteiger partial charge in [-0.2, -0.15) is 0 Å². The summed E-state index contributed by atoms with van der Waals surface area (Å²) in [6.45, 7) is 3.38. The van der Waals surface area contributed by atoms with E-state index >= 15 is 0 Å². The van der Waals surface area contributed by atoms with E-state index in [0.717, 1.165) is 0 Å². The number of carbonyl (C=O) groups is 2. The highest BCUT2D eigenvalue weighted by Crippen LogP contribution is 2.12. The van der Waals surface area contributed by atoms with Crippen LogP contribution in [0, 0.1) is 5.82 Å². The molecule has 6 nitrogen and oxygen atoms in total. The maximum absolute atomic E-state index is 13.1. The number of rotatable bonds is 9. The molecule has 2 N–H and O–H groups in total. The van der Waals surface area contributed by atoms with Gasteiger partial charge in [0.1, 0.15) is 18.2 Å². The van der Waals surface area contributed by atoms with Gasteiger partial charge in [-0.15, -0.1) is 0 Å². The van der Waals surface area contributed by atoms with Crippen molar-refractivity contribution in [3.05, 3.63) is 59.9 Å². The Balaban J connectivity index is 1.77. The average molecular weight is 373 g/mol. The van der Waals surface area contributed by atoms with Crippen molar-refractivity contribution in [2.24, 2.45) is 0 Å². The van der Waals surface area contributed by atoms with Gasteiger partial charge in [0.15, 0.2) is 0 Å². The lowest BCUT2D eigenvalue weighted by atomic mass is 10.2. The van der Waals surface area contributed by atoms with E-state index < -0.39 is 0 Å². The van der Waals surface area contributed by atoms with Crippen molar-refractivity contribution in [3.8, 4) is 5.75 Å². The zero-order valence-electron chi connectivity index (χ0n) is 15.5. The zero-order chi connectivity index (χ0) is 19.6. The largest absolute Gasteiger partial charge is 0.492 e. The number of amides is 2. The van der Waals surface area contributed by atoms with Crippen LogP contribution in [0.15, 0.2) is 48.5 Å². The quantitative estimate of drug-likeness (QED) is 0.709. The van der Waals surface area contributed by atoms with Crippen LogP contribution in [0.3, 0.4) is 0 Å². The smallest absolute Gasteiger partial charge is 0.251 e. The lowest BCUT2D eigenvalue weighted by Crippen LogP contribution is -2.33. The van der Waals surface area contributed by atoms with Crippen LogP contribution in [0.2, 0.25) is 0 Å². The van der Waals surface area contributed by atoms with Crippen molar-refractivity contribution in [2.75, 3.05) is 38.6 Å². The van der Waals surface area contributed by atoms with Crippen molar-refractivity contribution in [1.29, 1.82) is 0 Å². The highest BCUT2D eigenvalue weighted by atomic mass is 19.1. The summed E-state index contributed by atoms with van der Waals surface area (Å²) in [6, 6.07) is 12.7. The van der Waals surface area contributed by atoms with Gasteiger partial charge in [-0.25, -0.2) is 4.39 Å². The van der Waals surface area contributed by atoms with Crippen molar-refractivity contribution in [2.45, 2.75) is 6.92 Å². The minimum Gasteiger partial charge on any atom is -0.492 e. The van der Waals surface area contributed by atoms with Gasteiger partial charge in [0.05, 0.1) is 6.54 Å². The standard InChI is InChI=1S/C20H24FN3O3/c1-3-22-20(26)15-6-4-8-17(12-15)23-19(25)14-24(2)10-11-27-18-9-5-7-16(21)13-18/h4-9,12-13H,3,10-11,14H2,1-2H3,(H,22,26)(H,23,25). The van der Waals surface area contributed by atoms with E-state index in [4.69, 9.17) is 4.74 Å². The fourth-order valence-electron chi connectivity index (χ4n) is 2.40. The third-order valence-electron chi connectivity index (χ3n) is 3.70. The molecule has 0 aliphatic rings. The molecule has 144 valence electrons. The molecule has 0 fully saturated rings. The molecule has 0 unspecified atom stereocenters. The van der Waals surface area contributed by atoms with E-state index in [2.05, 4.69) is 10.6 Å². The van der Waals surface area contributed by atoms with Crippen molar-refractivity contribution in [3.63, 3.8) is 0 Å². The van der Waals surface area contributed by atoms with Crippen LogP contribution in [0.5, 0.6) is 5.75 Å². The number of nitrogens with one attached hydrogen (secondary N) is 2. The molecular weight excluding hydrogens is 349 g/mol. The second-order valence-corrected chi connectivity index (χ2v) is 6.03. The van der Waals surface area contributed by atoms with Crippen molar-refractivity contribution >= 4 is 17.5 Å². The van der Waals surface area contributed by atoms with Gasteiger partial charge in [0.25, 0.3) is 5.91 Å². The number of halogens is 1. The first kappa shape index (κ1) is 20.4. The van der Waals surface area contributed by atoms with E-state index in [1.54, 1.807) is 48.3 Å². The highest BCUT2D eigenvalue weighted by molar-refractivity contribution is 5.97. The summed E-state index contributed by atoms with van der Waals surface area (Å²) in [6.07, 6.45) is 0. The molecule has 0 aliphatic heterocycles. The second kappa shape index (κ2) is 10.3. The number of carbonyl (C=O) groups excluding carboxylic acids is 2. The normalized spacial score (nSPS) is 10.5. The summed E-state index contributed by atoms with van der Waals surface area (Å²) in [5.74, 6) is -0.276. The van der Waals surface area contributed by atoms with Crippen LogP contribution in [0.4, 0.5) is 10.1 Å². The molecule has 0 spiro atoms. The highest BCUT2D eigenvalue weighted by Gasteiger charge is 2.09. The summed E-state index contributed by atoms with van der Waals surface area (Å²) in [5.41, 5.74) is 1.06. The third-order valence-corrected chi connectivity index (χ3v) is 3.70. The molecule has 0 aromatic heterocycles. The molecule has 0 bridgehead atoms. The van der Waals surface area contributed by atoms with E-state index in [1.807, 2.05) is 6.92 Å². The number of nitrogens with zero attached hydrogens (tertiary/aromatic N) is 1. The molecule has 2 amide bonds. The molecule has 27 heavy (non-hydrogen) atoms. The number of anilines is 1. The zero-order valence-corrected chi connectivity index (χ0v) is 15.5. The summed E-state index contributed by atoms with van der Waals surface area (Å²) in [4.78, 5) is 25.8. The molecule has 0 atom stereocenters. The molecule has 2 rings (SSSR count). The first-order chi connectivity index (χ1) is 13.0.